The molecule has 11 heteroatoms. The number of esters is 1. The van der Waals surface area contributed by atoms with Crippen LogP contribution in [0.4, 0.5) is 0 Å². The number of hydrogen-bond acceptors (Lipinski definition) is 7. The molecular weight excluding hydrogens is 452 g/mol. The molecule has 0 unspecified atom stereocenters. The van der Waals surface area contributed by atoms with Gasteiger partial charge in [-0.05, 0) is 31.5 Å². The number of para-hydroxylation sites is 1. The lowest BCUT2D eigenvalue weighted by Crippen LogP contribution is -2.24. The van der Waals surface area contributed by atoms with E-state index >= 15 is 0 Å². The molecule has 0 N–H and O–H groups in total. The quantitative estimate of drug-likeness (QED) is 0.220. The number of aromatic nitrogens is 6. The summed E-state index contributed by atoms with van der Waals surface area (Å²) in [5, 5.41) is 10.3. The zero-order valence-electron chi connectivity index (χ0n) is 17.6. The van der Waals surface area contributed by atoms with Gasteiger partial charge in [0.1, 0.15) is 5.69 Å². The molecule has 1 aromatic carbocycles. The van der Waals surface area contributed by atoms with Crippen LogP contribution in [0, 0.1) is 6.92 Å². The first kappa shape index (κ1) is 22.1. The number of ether oxygens (including phenoxy) is 1. The molecule has 9 nitrogen and oxygen atoms in total. The number of rotatable bonds is 8. The summed E-state index contributed by atoms with van der Waals surface area (Å²) in [6.07, 6.45) is 3.98. The van der Waals surface area contributed by atoms with Gasteiger partial charge < -0.3 is 4.74 Å². The monoisotopic (exact) mass is 472 g/mol. The molecule has 0 radical (unpaired) electrons. The summed E-state index contributed by atoms with van der Waals surface area (Å²) in [7, 11) is 1.32. The lowest BCUT2D eigenvalue weighted by Gasteiger charge is -2.14. The maximum absolute atomic E-state index is 13.2. The van der Waals surface area contributed by atoms with Gasteiger partial charge in [-0.25, -0.2) is 14.5 Å². The van der Waals surface area contributed by atoms with E-state index in [9.17, 15) is 9.59 Å². The molecule has 3 heterocycles. The Balaban J connectivity index is 1.59. The SMILES string of the molecule is COC(=O)c1ccnn1CSc1nc2ccccc2c(=O)n1CCCn1cc(Cl)c(C)n1. The maximum Gasteiger partial charge on any atom is 0.356 e. The molecule has 0 aliphatic heterocycles. The lowest BCUT2D eigenvalue weighted by molar-refractivity contribution is 0.0588. The molecule has 0 fully saturated rings. The number of aryl methyl sites for hydroxylation is 2. The zero-order chi connectivity index (χ0) is 22.7. The summed E-state index contributed by atoms with van der Waals surface area (Å²) in [5.74, 6) is -0.170. The van der Waals surface area contributed by atoms with Crippen molar-refractivity contribution in [2.24, 2.45) is 0 Å². The Morgan fingerprint density at radius 2 is 2.03 bits per heavy atom. The van der Waals surface area contributed by atoms with Gasteiger partial charge in [0, 0.05) is 25.5 Å². The molecule has 4 aromatic rings. The summed E-state index contributed by atoms with van der Waals surface area (Å²) < 4.78 is 9.75. The molecule has 166 valence electrons. The number of fused-ring (bicyclic) bond motifs is 1. The molecule has 0 bridgehead atoms. The molecule has 0 saturated carbocycles. The molecule has 0 saturated heterocycles. The number of benzene rings is 1. The van der Waals surface area contributed by atoms with Crippen molar-refractivity contribution in [1.29, 1.82) is 0 Å². The van der Waals surface area contributed by atoms with E-state index in [1.165, 1.54) is 29.8 Å². The lowest BCUT2D eigenvalue weighted by atomic mass is 10.2. The average Bonchev–Trinajstić information content (AvgIpc) is 3.39. The van der Waals surface area contributed by atoms with Crippen LogP contribution >= 0.6 is 23.4 Å². The van der Waals surface area contributed by atoms with Crippen molar-refractivity contribution >= 4 is 40.2 Å². The van der Waals surface area contributed by atoms with Gasteiger partial charge in [0.2, 0.25) is 0 Å². The highest BCUT2D eigenvalue weighted by Crippen LogP contribution is 2.21. The van der Waals surface area contributed by atoms with Gasteiger partial charge >= 0.3 is 5.97 Å². The number of halogens is 1. The number of hydrogen-bond donors (Lipinski definition) is 0. The van der Waals surface area contributed by atoms with Gasteiger partial charge in [-0.1, -0.05) is 35.5 Å². The fourth-order valence-corrected chi connectivity index (χ4v) is 4.37. The molecule has 0 aliphatic rings. The third kappa shape index (κ3) is 4.56. The molecular formula is C21H21ClN6O3S. The van der Waals surface area contributed by atoms with Crippen LogP contribution in [-0.4, -0.2) is 42.2 Å². The summed E-state index contributed by atoms with van der Waals surface area (Å²) in [4.78, 5) is 29.8. The summed E-state index contributed by atoms with van der Waals surface area (Å²) in [6, 6.07) is 8.84. The third-order valence-corrected chi connectivity index (χ3v) is 6.22. The van der Waals surface area contributed by atoms with Crippen LogP contribution in [0.25, 0.3) is 10.9 Å². The molecule has 0 aliphatic carbocycles. The van der Waals surface area contributed by atoms with E-state index < -0.39 is 5.97 Å². The van der Waals surface area contributed by atoms with Crippen molar-refractivity contribution in [3.8, 4) is 0 Å². The van der Waals surface area contributed by atoms with Crippen LogP contribution in [0.5, 0.6) is 0 Å². The standard InChI is InChI=1S/C21H21ClN6O3S/c1-14-16(22)12-26(25-14)10-5-11-27-19(29)15-6-3-4-7-17(15)24-21(27)32-13-28-18(8-9-23-28)20(30)31-2/h3-4,6-9,12H,5,10-11,13H2,1-2H3. The Morgan fingerprint density at radius 3 is 2.78 bits per heavy atom. The maximum atomic E-state index is 13.2. The van der Waals surface area contributed by atoms with Crippen molar-refractivity contribution in [3.63, 3.8) is 0 Å². The fourth-order valence-electron chi connectivity index (χ4n) is 3.29. The zero-order valence-corrected chi connectivity index (χ0v) is 19.1. The number of nitrogens with zero attached hydrogens (tertiary/aromatic N) is 6. The Hall–Kier alpha value is -3.11. The van der Waals surface area contributed by atoms with Crippen LogP contribution in [0.15, 0.2) is 52.7 Å². The van der Waals surface area contributed by atoms with Crippen LogP contribution in [-0.2, 0) is 23.7 Å². The van der Waals surface area contributed by atoms with E-state index in [0.29, 0.717) is 52.2 Å². The van der Waals surface area contributed by atoms with E-state index in [1.807, 2.05) is 25.1 Å². The van der Waals surface area contributed by atoms with Gasteiger partial charge in [0.25, 0.3) is 5.56 Å². The predicted octanol–water partition coefficient (Wildman–Crippen LogP) is 3.38. The second-order valence-electron chi connectivity index (χ2n) is 7.03. The molecule has 3 aromatic heterocycles. The smallest absolute Gasteiger partial charge is 0.356 e. The molecule has 0 atom stereocenters. The number of carbonyl (C=O) groups is 1. The predicted molar refractivity (Wildman–Crippen MR) is 122 cm³/mol. The van der Waals surface area contributed by atoms with Crippen LogP contribution < -0.4 is 5.56 Å². The van der Waals surface area contributed by atoms with Crippen molar-refractivity contribution < 1.29 is 9.53 Å². The van der Waals surface area contributed by atoms with Crippen LogP contribution in [0.2, 0.25) is 5.02 Å². The average molecular weight is 473 g/mol. The Bertz CT molecular complexity index is 1310. The van der Waals surface area contributed by atoms with Crippen molar-refractivity contribution in [3.05, 3.63) is 69.5 Å². The largest absolute Gasteiger partial charge is 0.464 e. The van der Waals surface area contributed by atoms with Gasteiger partial charge in [-0.15, -0.1) is 0 Å². The van der Waals surface area contributed by atoms with Gasteiger partial charge in [0.05, 0.1) is 34.6 Å². The van der Waals surface area contributed by atoms with Gasteiger partial charge in [0.15, 0.2) is 5.16 Å². The minimum Gasteiger partial charge on any atom is -0.464 e. The highest BCUT2D eigenvalue weighted by molar-refractivity contribution is 7.98. The highest BCUT2D eigenvalue weighted by atomic mass is 35.5. The normalized spacial score (nSPS) is 11.2. The van der Waals surface area contributed by atoms with Gasteiger partial charge in [-0.2, -0.15) is 10.2 Å². The summed E-state index contributed by atoms with van der Waals surface area (Å²) in [6.45, 7) is 2.92. The van der Waals surface area contributed by atoms with E-state index in [2.05, 4.69) is 10.2 Å². The Morgan fingerprint density at radius 1 is 1.22 bits per heavy atom. The van der Waals surface area contributed by atoms with Crippen molar-refractivity contribution in [2.75, 3.05) is 7.11 Å². The second-order valence-corrected chi connectivity index (χ2v) is 8.35. The topological polar surface area (TPSA) is 96.8 Å². The third-order valence-electron chi connectivity index (χ3n) is 4.91. The van der Waals surface area contributed by atoms with Gasteiger partial charge in [-0.3, -0.25) is 14.0 Å². The van der Waals surface area contributed by atoms with Crippen molar-refractivity contribution in [2.45, 2.75) is 37.5 Å². The first-order valence-electron chi connectivity index (χ1n) is 9.90. The Labute approximate surface area is 193 Å². The minimum atomic E-state index is -0.472. The van der Waals surface area contributed by atoms with E-state index in [4.69, 9.17) is 21.3 Å². The molecule has 4 rings (SSSR count). The van der Waals surface area contributed by atoms with E-state index in [-0.39, 0.29) is 5.56 Å². The van der Waals surface area contributed by atoms with E-state index in [0.717, 1.165) is 5.69 Å². The summed E-state index contributed by atoms with van der Waals surface area (Å²) in [5.41, 5.74) is 1.62. The first-order valence-corrected chi connectivity index (χ1v) is 11.3. The summed E-state index contributed by atoms with van der Waals surface area (Å²) >= 11 is 7.41. The second kappa shape index (κ2) is 9.58. The number of methoxy groups -OCH3 is 1. The Kier molecular flexibility index (Phi) is 6.61. The highest BCUT2D eigenvalue weighted by Gasteiger charge is 2.15. The molecule has 0 amide bonds. The fraction of sp³-hybridized carbons (Fsp3) is 0.286. The molecule has 32 heavy (non-hydrogen) atoms. The van der Waals surface area contributed by atoms with Crippen LogP contribution in [0.1, 0.15) is 22.6 Å². The molecule has 0 spiro atoms. The number of thioether (sulfide) groups is 1. The van der Waals surface area contributed by atoms with Crippen molar-refractivity contribution in [1.82, 2.24) is 29.1 Å². The first-order chi connectivity index (χ1) is 15.5. The van der Waals surface area contributed by atoms with E-state index in [1.54, 1.807) is 27.6 Å². The minimum absolute atomic E-state index is 0.110. The van der Waals surface area contributed by atoms with Crippen LogP contribution in [0.3, 0.4) is 0 Å². The number of carbonyl (C=O) groups excluding carboxylic acids is 1.